The Hall–Kier alpha value is -4.12. The molecule has 1 unspecified atom stereocenters. The highest BCUT2D eigenvalue weighted by molar-refractivity contribution is 6.33. The van der Waals surface area contributed by atoms with Gasteiger partial charge in [-0.2, -0.15) is 18.3 Å². The maximum atomic E-state index is 14.0. The number of likely N-dealkylation sites (N-methyl/N-ethyl adjacent to an activating group) is 2. The van der Waals surface area contributed by atoms with Crippen LogP contribution in [0, 0.1) is 12.3 Å². The SMILES string of the molecule is CC.CNC(C1=CCOCC1)N(C)NC1=C(C(=O)NCC(=O)Nc2ccc(C(F)(F)F)cc2Cl)C2(CC1)CCN(C(=O)c1[nH]nc(C)c1O)CC2. The van der Waals surface area contributed by atoms with E-state index in [4.69, 9.17) is 16.3 Å². The summed E-state index contributed by atoms with van der Waals surface area (Å²) in [5, 5.41) is 26.8. The first-order valence-electron chi connectivity index (χ1n) is 16.9. The molecule has 1 spiro atoms. The van der Waals surface area contributed by atoms with E-state index in [-0.39, 0.29) is 34.2 Å². The van der Waals surface area contributed by atoms with Gasteiger partial charge in [0.2, 0.25) is 11.8 Å². The van der Waals surface area contributed by atoms with Gasteiger partial charge in [0.15, 0.2) is 11.4 Å². The van der Waals surface area contributed by atoms with Gasteiger partial charge in [-0.1, -0.05) is 31.5 Å². The number of ether oxygens (including phenoxy) is 1. The van der Waals surface area contributed by atoms with Gasteiger partial charge >= 0.3 is 6.18 Å². The standard InChI is InChI=1S/C32H40ClF3N8O5.C2H6/c1-18-27(46)26(41-40-18)30(48)44-12-10-31(11-13-44)9-6-23(42-43(3)28(37-2)19-7-14-49-15-8-19)25(31)29(47)38-17-24(45)39-22-5-4-20(16-21(22)33)32(34,35)36;1-2/h4-5,7,16,28,37,42,46H,6,8-15,17H2,1-3H3,(H,38,47)(H,39,45)(H,40,41);1-2H3. The number of amides is 3. The lowest BCUT2D eigenvalue weighted by atomic mass is 9.72. The van der Waals surface area contributed by atoms with Crippen molar-refractivity contribution in [2.24, 2.45) is 5.41 Å². The number of H-pyrrole nitrogens is 1. The number of benzene rings is 1. The largest absolute Gasteiger partial charge is 0.504 e. The van der Waals surface area contributed by atoms with Crippen LogP contribution in [0.4, 0.5) is 18.9 Å². The second-order valence-electron chi connectivity index (χ2n) is 12.4. The van der Waals surface area contributed by atoms with Crippen molar-refractivity contribution in [1.29, 1.82) is 0 Å². The molecule has 5 rings (SSSR count). The summed E-state index contributed by atoms with van der Waals surface area (Å²) < 4.78 is 44.6. The van der Waals surface area contributed by atoms with Gasteiger partial charge in [-0.25, -0.2) is 5.01 Å². The summed E-state index contributed by atoms with van der Waals surface area (Å²) in [6, 6.07) is 2.59. The van der Waals surface area contributed by atoms with E-state index in [1.54, 1.807) is 11.8 Å². The maximum absolute atomic E-state index is 14.0. The van der Waals surface area contributed by atoms with E-state index in [9.17, 15) is 32.7 Å². The predicted molar refractivity (Wildman–Crippen MR) is 186 cm³/mol. The Balaban J connectivity index is 0.00000286. The number of alkyl halides is 3. The Morgan fingerprint density at radius 1 is 1.18 bits per heavy atom. The van der Waals surface area contributed by atoms with Crippen LogP contribution in [0.3, 0.4) is 0 Å². The molecule has 2 aromatic rings. The Morgan fingerprint density at radius 3 is 2.45 bits per heavy atom. The first-order chi connectivity index (χ1) is 24.2. The molecule has 3 aliphatic rings. The van der Waals surface area contributed by atoms with Crippen molar-refractivity contribution in [3.8, 4) is 5.75 Å². The van der Waals surface area contributed by atoms with Crippen LogP contribution in [0.25, 0.3) is 0 Å². The molecule has 2 aliphatic heterocycles. The van der Waals surface area contributed by atoms with E-state index >= 15 is 0 Å². The molecule has 3 heterocycles. The summed E-state index contributed by atoms with van der Waals surface area (Å²) >= 11 is 6.00. The van der Waals surface area contributed by atoms with E-state index in [2.05, 4.69) is 31.6 Å². The summed E-state index contributed by atoms with van der Waals surface area (Å²) in [4.78, 5) is 41.6. The number of halogens is 4. The van der Waals surface area contributed by atoms with Crippen LogP contribution in [-0.4, -0.2) is 96.0 Å². The molecular formula is C34H46ClF3N8O5. The molecule has 1 aromatic heterocycles. The molecule has 0 bridgehead atoms. The fraction of sp³-hybridized carbons (Fsp3) is 0.529. The molecule has 280 valence electrons. The average molecular weight is 739 g/mol. The number of likely N-dealkylation sites (tertiary alicyclic amines) is 1. The third-order valence-electron chi connectivity index (χ3n) is 9.35. The number of carbonyl (C=O) groups excluding carboxylic acids is 3. The van der Waals surface area contributed by atoms with Crippen molar-refractivity contribution in [3.63, 3.8) is 0 Å². The third-order valence-corrected chi connectivity index (χ3v) is 9.66. The lowest BCUT2D eigenvalue weighted by molar-refractivity contribution is -0.137. The fourth-order valence-electron chi connectivity index (χ4n) is 6.73. The van der Waals surface area contributed by atoms with Gasteiger partial charge < -0.3 is 30.8 Å². The highest BCUT2D eigenvalue weighted by Gasteiger charge is 2.47. The van der Waals surface area contributed by atoms with Crippen LogP contribution in [0.15, 0.2) is 41.1 Å². The van der Waals surface area contributed by atoms with Crippen molar-refractivity contribution in [3.05, 3.63) is 63.1 Å². The summed E-state index contributed by atoms with van der Waals surface area (Å²) in [5.74, 6) is -1.74. The molecule has 1 atom stereocenters. The molecule has 0 radical (unpaired) electrons. The number of hydrazine groups is 1. The second kappa shape index (κ2) is 16.9. The number of piperidine rings is 1. The monoisotopic (exact) mass is 738 g/mol. The van der Waals surface area contributed by atoms with Crippen molar-refractivity contribution in [1.82, 2.24) is 36.2 Å². The highest BCUT2D eigenvalue weighted by Crippen LogP contribution is 2.50. The highest BCUT2D eigenvalue weighted by atomic mass is 35.5. The number of aromatic nitrogens is 2. The predicted octanol–water partition coefficient (Wildman–Crippen LogP) is 4.48. The normalized spacial score (nSPS) is 17.8. The van der Waals surface area contributed by atoms with Crippen molar-refractivity contribution in [2.45, 2.75) is 65.2 Å². The third kappa shape index (κ3) is 9.04. The maximum Gasteiger partial charge on any atom is 0.416 e. The molecular weight excluding hydrogens is 693 g/mol. The van der Waals surface area contributed by atoms with Gasteiger partial charge in [-0.05, 0) is 69.8 Å². The summed E-state index contributed by atoms with van der Waals surface area (Å²) in [6.07, 6.45) is 0.0369. The molecule has 1 saturated heterocycles. The molecule has 6 N–H and O–H groups in total. The van der Waals surface area contributed by atoms with Crippen molar-refractivity contribution < 1.29 is 37.4 Å². The second-order valence-corrected chi connectivity index (χ2v) is 12.8. The van der Waals surface area contributed by atoms with E-state index in [0.29, 0.717) is 69.0 Å². The minimum atomic E-state index is -4.59. The molecule has 51 heavy (non-hydrogen) atoms. The Bertz CT molecular complexity index is 1650. The molecule has 13 nitrogen and oxygen atoms in total. The molecule has 1 aliphatic carbocycles. The van der Waals surface area contributed by atoms with E-state index in [1.165, 1.54) is 0 Å². The van der Waals surface area contributed by atoms with E-state index in [0.717, 1.165) is 30.2 Å². The van der Waals surface area contributed by atoms with Crippen LogP contribution < -0.4 is 21.4 Å². The number of aromatic amines is 1. The first-order valence-corrected chi connectivity index (χ1v) is 17.3. The molecule has 1 aromatic carbocycles. The minimum Gasteiger partial charge on any atom is -0.504 e. The van der Waals surface area contributed by atoms with Gasteiger partial charge in [-0.3, -0.25) is 24.8 Å². The van der Waals surface area contributed by atoms with Crippen molar-refractivity contribution in [2.75, 3.05) is 52.3 Å². The smallest absolute Gasteiger partial charge is 0.416 e. The van der Waals surface area contributed by atoms with Gasteiger partial charge in [0, 0.05) is 36.8 Å². The lowest BCUT2D eigenvalue weighted by Crippen LogP contribution is -2.51. The number of rotatable bonds is 10. The Kier molecular flexibility index (Phi) is 13.2. The zero-order chi connectivity index (χ0) is 37.5. The van der Waals surface area contributed by atoms with Gasteiger partial charge in [0.1, 0.15) is 5.69 Å². The number of hydrogen-bond acceptors (Lipinski definition) is 9. The molecule has 17 heteroatoms. The number of aromatic hydroxyl groups is 1. The van der Waals surface area contributed by atoms with Crippen LogP contribution in [0.1, 0.15) is 67.7 Å². The number of nitrogens with zero attached hydrogens (tertiary/aromatic N) is 3. The zero-order valence-corrected chi connectivity index (χ0v) is 30.1. The lowest BCUT2D eigenvalue weighted by Gasteiger charge is -2.40. The zero-order valence-electron chi connectivity index (χ0n) is 29.4. The van der Waals surface area contributed by atoms with Crippen LogP contribution in [0.5, 0.6) is 5.75 Å². The topological polar surface area (TPSA) is 164 Å². The number of anilines is 1. The molecule has 0 saturated carbocycles. The number of hydrogen-bond donors (Lipinski definition) is 6. The van der Waals surface area contributed by atoms with Crippen LogP contribution in [-0.2, 0) is 20.5 Å². The minimum absolute atomic E-state index is 0.0112. The first kappa shape index (κ1) is 39.7. The van der Waals surface area contributed by atoms with E-state index in [1.807, 2.05) is 39.0 Å². The summed E-state index contributed by atoms with van der Waals surface area (Å²) in [5.41, 5.74) is 4.45. The Morgan fingerprint density at radius 2 is 1.88 bits per heavy atom. The molecule has 1 fully saturated rings. The number of carbonyl (C=O) groups is 3. The number of aryl methyl sites for hydroxylation is 1. The van der Waals surface area contributed by atoms with Gasteiger partial charge in [-0.15, -0.1) is 0 Å². The summed E-state index contributed by atoms with van der Waals surface area (Å²) in [7, 11) is 3.71. The quantitative estimate of drug-likeness (QED) is 0.117. The Labute approximate surface area is 299 Å². The van der Waals surface area contributed by atoms with E-state index < -0.39 is 35.5 Å². The van der Waals surface area contributed by atoms with Crippen LogP contribution in [0.2, 0.25) is 5.02 Å². The average Bonchev–Trinajstić information content (AvgIpc) is 3.63. The number of nitrogens with one attached hydrogen (secondary N) is 5. The van der Waals surface area contributed by atoms with Crippen molar-refractivity contribution >= 4 is 35.0 Å². The van der Waals surface area contributed by atoms with Crippen LogP contribution >= 0.6 is 11.6 Å². The molecule has 3 amide bonds. The van der Waals surface area contributed by atoms with Gasteiger partial charge in [0.25, 0.3) is 5.91 Å². The number of allylic oxidation sites excluding steroid dienone is 1. The summed E-state index contributed by atoms with van der Waals surface area (Å²) in [6.45, 7) is 6.86. The van der Waals surface area contributed by atoms with Gasteiger partial charge in [0.05, 0.1) is 42.2 Å². The fourth-order valence-corrected chi connectivity index (χ4v) is 6.95.